The van der Waals surface area contributed by atoms with E-state index in [4.69, 9.17) is 0 Å². The molecule has 0 atom stereocenters. The van der Waals surface area contributed by atoms with Crippen molar-refractivity contribution in [1.29, 1.82) is 0 Å². The van der Waals surface area contributed by atoms with Crippen LogP contribution in [0.25, 0.3) is 0 Å². The van der Waals surface area contributed by atoms with Gasteiger partial charge in [0.1, 0.15) is 0 Å². The van der Waals surface area contributed by atoms with Crippen molar-refractivity contribution in [3.63, 3.8) is 0 Å². The summed E-state index contributed by atoms with van der Waals surface area (Å²) in [4.78, 5) is 14.6. The van der Waals surface area contributed by atoms with Crippen molar-refractivity contribution < 1.29 is 4.79 Å². The largest absolute Gasteiger partial charge is 0.352 e. The summed E-state index contributed by atoms with van der Waals surface area (Å²) in [6.45, 7) is 10.1. The Morgan fingerprint density at radius 2 is 1.50 bits per heavy atom. The number of benzene rings is 2. The Bertz CT molecular complexity index is 675. The molecule has 1 N–H and O–H groups in total. The standard InChI is InChI=1S/C23H32N2O/c1-4-19-11-13-20(14-12-19)15-16-23(26)24-17-21-9-7-8-10-22(21)18-25(5-2)6-3/h7-14H,4-6,15-18H2,1-3H3,(H,24,26). The SMILES string of the molecule is CCc1ccc(CCC(=O)NCc2ccccc2CN(CC)CC)cc1. The third-order valence-corrected chi connectivity index (χ3v) is 4.95. The van der Waals surface area contributed by atoms with E-state index < -0.39 is 0 Å². The van der Waals surface area contributed by atoms with E-state index >= 15 is 0 Å². The van der Waals surface area contributed by atoms with Gasteiger partial charge in [0.2, 0.25) is 5.91 Å². The van der Waals surface area contributed by atoms with Gasteiger partial charge in [0, 0.05) is 19.5 Å². The molecule has 0 heterocycles. The van der Waals surface area contributed by atoms with Crippen molar-refractivity contribution in [3.8, 4) is 0 Å². The minimum Gasteiger partial charge on any atom is -0.352 e. The van der Waals surface area contributed by atoms with E-state index in [1.54, 1.807) is 0 Å². The first-order chi connectivity index (χ1) is 12.7. The summed E-state index contributed by atoms with van der Waals surface area (Å²) in [5, 5.41) is 3.08. The topological polar surface area (TPSA) is 32.3 Å². The number of amides is 1. The maximum absolute atomic E-state index is 12.2. The summed E-state index contributed by atoms with van der Waals surface area (Å²) in [5.41, 5.74) is 5.06. The average Bonchev–Trinajstić information content (AvgIpc) is 2.70. The number of nitrogens with zero attached hydrogens (tertiary/aromatic N) is 1. The van der Waals surface area contributed by atoms with Gasteiger partial charge in [0.15, 0.2) is 0 Å². The molecule has 2 rings (SSSR count). The van der Waals surface area contributed by atoms with Crippen LogP contribution in [0.5, 0.6) is 0 Å². The summed E-state index contributed by atoms with van der Waals surface area (Å²) < 4.78 is 0. The number of carbonyl (C=O) groups excluding carboxylic acids is 1. The zero-order valence-electron chi connectivity index (χ0n) is 16.4. The summed E-state index contributed by atoms with van der Waals surface area (Å²) in [6, 6.07) is 17.0. The predicted molar refractivity (Wildman–Crippen MR) is 109 cm³/mol. The van der Waals surface area contributed by atoms with Gasteiger partial charge in [-0.3, -0.25) is 9.69 Å². The lowest BCUT2D eigenvalue weighted by molar-refractivity contribution is -0.121. The summed E-state index contributed by atoms with van der Waals surface area (Å²) >= 11 is 0. The smallest absolute Gasteiger partial charge is 0.220 e. The van der Waals surface area contributed by atoms with E-state index in [1.165, 1.54) is 22.3 Å². The highest BCUT2D eigenvalue weighted by molar-refractivity contribution is 5.76. The highest BCUT2D eigenvalue weighted by Gasteiger charge is 2.08. The van der Waals surface area contributed by atoms with Crippen LogP contribution in [0.1, 0.15) is 49.4 Å². The van der Waals surface area contributed by atoms with Crippen LogP contribution in [0.2, 0.25) is 0 Å². The van der Waals surface area contributed by atoms with Crippen molar-refractivity contribution in [2.75, 3.05) is 13.1 Å². The van der Waals surface area contributed by atoms with E-state index in [1.807, 2.05) is 6.07 Å². The molecule has 0 aliphatic rings. The Labute approximate surface area is 158 Å². The van der Waals surface area contributed by atoms with E-state index in [2.05, 4.69) is 73.5 Å². The van der Waals surface area contributed by atoms with Crippen LogP contribution in [0.3, 0.4) is 0 Å². The molecule has 0 aromatic heterocycles. The third-order valence-electron chi connectivity index (χ3n) is 4.95. The molecule has 0 saturated carbocycles. The molecule has 2 aromatic rings. The number of hydrogen-bond acceptors (Lipinski definition) is 2. The average molecular weight is 353 g/mol. The summed E-state index contributed by atoms with van der Waals surface area (Å²) in [5.74, 6) is 0.113. The number of hydrogen-bond donors (Lipinski definition) is 1. The second kappa shape index (κ2) is 10.8. The molecule has 0 radical (unpaired) electrons. The maximum atomic E-state index is 12.2. The monoisotopic (exact) mass is 352 g/mol. The van der Waals surface area contributed by atoms with Gasteiger partial charge in [-0.1, -0.05) is 69.3 Å². The van der Waals surface area contributed by atoms with Gasteiger partial charge in [-0.15, -0.1) is 0 Å². The molecule has 1 amide bonds. The molecule has 0 saturated heterocycles. The predicted octanol–water partition coefficient (Wildman–Crippen LogP) is 4.34. The first-order valence-corrected chi connectivity index (χ1v) is 9.79. The molecule has 0 bridgehead atoms. The molecular weight excluding hydrogens is 320 g/mol. The minimum absolute atomic E-state index is 0.113. The number of aryl methyl sites for hydroxylation is 2. The quantitative estimate of drug-likeness (QED) is 0.690. The molecule has 26 heavy (non-hydrogen) atoms. The highest BCUT2D eigenvalue weighted by Crippen LogP contribution is 2.12. The molecule has 3 nitrogen and oxygen atoms in total. The molecular formula is C23H32N2O. The van der Waals surface area contributed by atoms with Crippen molar-refractivity contribution in [1.82, 2.24) is 10.2 Å². The summed E-state index contributed by atoms with van der Waals surface area (Å²) in [6.07, 6.45) is 2.37. The number of carbonyl (C=O) groups is 1. The second-order valence-corrected chi connectivity index (χ2v) is 6.68. The van der Waals surface area contributed by atoms with E-state index in [9.17, 15) is 4.79 Å². The third kappa shape index (κ3) is 6.30. The molecule has 2 aromatic carbocycles. The van der Waals surface area contributed by atoms with Gasteiger partial charge in [-0.2, -0.15) is 0 Å². The lowest BCUT2D eigenvalue weighted by Crippen LogP contribution is -2.26. The fraction of sp³-hybridized carbons (Fsp3) is 0.435. The zero-order chi connectivity index (χ0) is 18.8. The van der Waals surface area contributed by atoms with Crippen LogP contribution in [0, 0.1) is 0 Å². The molecule has 0 aliphatic heterocycles. The van der Waals surface area contributed by atoms with Gasteiger partial charge in [0.25, 0.3) is 0 Å². The molecule has 0 spiro atoms. The Morgan fingerprint density at radius 1 is 0.885 bits per heavy atom. The highest BCUT2D eigenvalue weighted by atomic mass is 16.1. The molecule has 3 heteroatoms. The normalized spacial score (nSPS) is 10.9. The first-order valence-electron chi connectivity index (χ1n) is 9.79. The minimum atomic E-state index is 0.113. The Hall–Kier alpha value is -2.13. The first kappa shape index (κ1) is 20.2. The molecule has 140 valence electrons. The van der Waals surface area contributed by atoms with Crippen LogP contribution in [0.15, 0.2) is 48.5 Å². The van der Waals surface area contributed by atoms with Crippen LogP contribution in [-0.4, -0.2) is 23.9 Å². The van der Waals surface area contributed by atoms with Gasteiger partial charge >= 0.3 is 0 Å². The molecule has 0 fully saturated rings. The fourth-order valence-electron chi connectivity index (χ4n) is 3.05. The van der Waals surface area contributed by atoms with Crippen LogP contribution >= 0.6 is 0 Å². The van der Waals surface area contributed by atoms with Crippen molar-refractivity contribution in [2.24, 2.45) is 0 Å². The van der Waals surface area contributed by atoms with E-state index in [-0.39, 0.29) is 5.91 Å². The van der Waals surface area contributed by atoms with Gasteiger partial charge in [-0.05, 0) is 48.2 Å². The van der Waals surface area contributed by atoms with Crippen LogP contribution in [0.4, 0.5) is 0 Å². The van der Waals surface area contributed by atoms with Crippen molar-refractivity contribution in [2.45, 2.75) is 53.1 Å². The number of nitrogens with one attached hydrogen (secondary N) is 1. The van der Waals surface area contributed by atoms with Gasteiger partial charge in [-0.25, -0.2) is 0 Å². The Balaban J connectivity index is 1.84. The number of rotatable bonds is 10. The maximum Gasteiger partial charge on any atom is 0.220 e. The Morgan fingerprint density at radius 3 is 2.12 bits per heavy atom. The van der Waals surface area contributed by atoms with E-state index in [0.717, 1.165) is 32.5 Å². The van der Waals surface area contributed by atoms with Crippen LogP contribution in [-0.2, 0) is 30.7 Å². The van der Waals surface area contributed by atoms with Crippen LogP contribution < -0.4 is 5.32 Å². The zero-order valence-corrected chi connectivity index (χ0v) is 16.4. The molecule has 0 unspecified atom stereocenters. The van der Waals surface area contributed by atoms with E-state index in [0.29, 0.717) is 13.0 Å². The van der Waals surface area contributed by atoms with Gasteiger partial charge < -0.3 is 5.32 Å². The lowest BCUT2D eigenvalue weighted by Gasteiger charge is -2.20. The van der Waals surface area contributed by atoms with Crippen molar-refractivity contribution in [3.05, 3.63) is 70.8 Å². The second-order valence-electron chi connectivity index (χ2n) is 6.68. The Kier molecular flexibility index (Phi) is 8.36. The van der Waals surface area contributed by atoms with Gasteiger partial charge in [0.05, 0.1) is 0 Å². The summed E-state index contributed by atoms with van der Waals surface area (Å²) in [7, 11) is 0. The fourth-order valence-corrected chi connectivity index (χ4v) is 3.05. The lowest BCUT2D eigenvalue weighted by atomic mass is 10.1. The molecule has 0 aliphatic carbocycles. The van der Waals surface area contributed by atoms with Crippen molar-refractivity contribution >= 4 is 5.91 Å².